The number of carbonyl (C=O) groups excluding carboxylic acids is 2. The van der Waals surface area contributed by atoms with Crippen molar-refractivity contribution in [2.45, 2.75) is 12.5 Å². The quantitative estimate of drug-likeness (QED) is 0.239. The Balaban J connectivity index is 2.07. The number of amides is 1. The normalized spacial score (nSPS) is 18.1. The fourth-order valence-electron chi connectivity index (χ4n) is 3.56. The average molecular weight is 427 g/mol. The van der Waals surface area contributed by atoms with Crippen molar-refractivity contribution in [2.75, 3.05) is 27.2 Å². The molecule has 1 N–H and O–H groups in total. The first kappa shape index (κ1) is 22.1. The Labute approximate surface area is 178 Å². The lowest BCUT2D eigenvalue weighted by Crippen LogP contribution is -2.32. The number of likely N-dealkylation sites (tertiary alicyclic amines) is 1. The minimum Gasteiger partial charge on any atom is -0.507 e. The first-order chi connectivity index (χ1) is 14.7. The van der Waals surface area contributed by atoms with E-state index >= 15 is 0 Å². The third-order valence-electron chi connectivity index (χ3n) is 5.08. The fraction of sp³-hybridized carbons (Fsp3) is 0.273. The van der Waals surface area contributed by atoms with E-state index in [0.717, 1.165) is 0 Å². The third kappa shape index (κ3) is 4.61. The van der Waals surface area contributed by atoms with Gasteiger partial charge in [-0.3, -0.25) is 19.7 Å². The number of carbonyl (C=O) groups is 2. The summed E-state index contributed by atoms with van der Waals surface area (Å²) < 4.78 is 13.5. The van der Waals surface area contributed by atoms with Crippen molar-refractivity contribution < 1.29 is 24.0 Å². The first-order valence-electron chi connectivity index (χ1n) is 9.64. The Kier molecular flexibility index (Phi) is 6.45. The Morgan fingerprint density at radius 2 is 1.74 bits per heavy atom. The van der Waals surface area contributed by atoms with E-state index in [0.29, 0.717) is 18.5 Å². The van der Waals surface area contributed by atoms with E-state index in [2.05, 4.69) is 0 Å². The summed E-state index contributed by atoms with van der Waals surface area (Å²) in [5, 5.41) is 21.8. The molecule has 0 radical (unpaired) electrons. The topological polar surface area (TPSA) is 104 Å². The van der Waals surface area contributed by atoms with E-state index in [4.69, 9.17) is 0 Å². The lowest BCUT2D eigenvalue weighted by atomic mass is 9.95. The maximum Gasteiger partial charge on any atom is 0.295 e. The van der Waals surface area contributed by atoms with Crippen LogP contribution in [0.25, 0.3) is 5.76 Å². The van der Waals surface area contributed by atoms with Gasteiger partial charge in [-0.25, -0.2) is 4.39 Å². The van der Waals surface area contributed by atoms with E-state index in [1.807, 2.05) is 19.0 Å². The summed E-state index contributed by atoms with van der Waals surface area (Å²) in [6.07, 6.45) is 0.593. The molecule has 1 saturated heterocycles. The van der Waals surface area contributed by atoms with Gasteiger partial charge in [0.05, 0.1) is 16.5 Å². The Morgan fingerprint density at radius 3 is 2.29 bits per heavy atom. The van der Waals surface area contributed by atoms with Gasteiger partial charge in [0.1, 0.15) is 11.6 Å². The molecule has 2 aromatic rings. The van der Waals surface area contributed by atoms with Crippen LogP contribution in [0.1, 0.15) is 23.6 Å². The van der Waals surface area contributed by atoms with Crippen molar-refractivity contribution in [1.82, 2.24) is 9.80 Å². The van der Waals surface area contributed by atoms with Gasteiger partial charge in [0.15, 0.2) is 0 Å². The predicted octanol–water partition coefficient (Wildman–Crippen LogP) is 3.11. The Hall–Kier alpha value is -3.59. The molecule has 1 atom stereocenters. The molecule has 2 aromatic carbocycles. The van der Waals surface area contributed by atoms with Crippen molar-refractivity contribution >= 4 is 23.1 Å². The van der Waals surface area contributed by atoms with Crippen LogP contribution < -0.4 is 0 Å². The lowest BCUT2D eigenvalue weighted by molar-refractivity contribution is -0.384. The molecule has 0 aliphatic carbocycles. The van der Waals surface area contributed by atoms with E-state index in [-0.39, 0.29) is 23.4 Å². The minimum absolute atomic E-state index is 0.129. The highest BCUT2D eigenvalue weighted by atomic mass is 19.1. The summed E-state index contributed by atoms with van der Waals surface area (Å²) in [6, 6.07) is 9.52. The van der Waals surface area contributed by atoms with Crippen molar-refractivity contribution in [1.29, 1.82) is 0 Å². The number of nitro benzene ring substituents is 1. The van der Waals surface area contributed by atoms with Crippen molar-refractivity contribution in [2.24, 2.45) is 0 Å². The molecule has 1 aliphatic rings. The van der Waals surface area contributed by atoms with Crippen LogP contribution in [0.4, 0.5) is 10.1 Å². The van der Waals surface area contributed by atoms with Crippen molar-refractivity contribution in [3.8, 4) is 0 Å². The zero-order valence-electron chi connectivity index (χ0n) is 17.1. The smallest absolute Gasteiger partial charge is 0.295 e. The van der Waals surface area contributed by atoms with Gasteiger partial charge in [0.2, 0.25) is 0 Å². The summed E-state index contributed by atoms with van der Waals surface area (Å²) >= 11 is 0. The van der Waals surface area contributed by atoms with Crippen LogP contribution >= 0.6 is 0 Å². The van der Waals surface area contributed by atoms with Gasteiger partial charge < -0.3 is 14.9 Å². The molecule has 1 unspecified atom stereocenters. The predicted molar refractivity (Wildman–Crippen MR) is 112 cm³/mol. The van der Waals surface area contributed by atoms with Crippen LogP contribution in [0, 0.1) is 15.9 Å². The summed E-state index contributed by atoms with van der Waals surface area (Å²) in [5.74, 6) is -2.51. The van der Waals surface area contributed by atoms with Crippen LogP contribution in [0.2, 0.25) is 0 Å². The van der Waals surface area contributed by atoms with Gasteiger partial charge in [-0.15, -0.1) is 0 Å². The molecule has 1 amide bonds. The van der Waals surface area contributed by atoms with Crippen LogP contribution in [-0.4, -0.2) is 58.7 Å². The molecule has 31 heavy (non-hydrogen) atoms. The number of halogens is 1. The maximum atomic E-state index is 13.5. The molecule has 1 fully saturated rings. The second-order valence-electron chi connectivity index (χ2n) is 7.50. The lowest BCUT2D eigenvalue weighted by Gasteiger charge is -2.26. The number of rotatable bonds is 7. The second kappa shape index (κ2) is 9.05. The van der Waals surface area contributed by atoms with Gasteiger partial charge in [0.25, 0.3) is 17.4 Å². The van der Waals surface area contributed by atoms with Gasteiger partial charge in [0, 0.05) is 24.2 Å². The van der Waals surface area contributed by atoms with Crippen LogP contribution in [0.15, 0.2) is 54.1 Å². The van der Waals surface area contributed by atoms with Crippen molar-refractivity contribution in [3.63, 3.8) is 0 Å². The van der Waals surface area contributed by atoms with E-state index in [9.17, 15) is 29.2 Å². The molecule has 1 aliphatic heterocycles. The number of benzene rings is 2. The SMILES string of the molecule is CN(C)CCCN1C(=O)C(=O)/C(=C(\O)c2ccc([N+](=O)[O-])cc2)C1c1ccc(F)cc1. The van der Waals surface area contributed by atoms with Crippen molar-refractivity contribution in [3.05, 3.63) is 81.2 Å². The highest BCUT2D eigenvalue weighted by Gasteiger charge is 2.45. The molecular formula is C22H22FN3O5. The fourth-order valence-corrected chi connectivity index (χ4v) is 3.56. The molecule has 0 aromatic heterocycles. The number of hydrogen-bond donors (Lipinski definition) is 1. The molecule has 9 heteroatoms. The van der Waals surface area contributed by atoms with Gasteiger partial charge >= 0.3 is 0 Å². The molecule has 1 heterocycles. The summed E-state index contributed by atoms with van der Waals surface area (Å²) in [4.78, 5) is 39.2. The Bertz CT molecular complexity index is 1030. The highest BCUT2D eigenvalue weighted by molar-refractivity contribution is 6.46. The number of Topliss-reactive ketones (excluding diaryl/α,β-unsaturated/α-hetero) is 1. The third-order valence-corrected chi connectivity index (χ3v) is 5.08. The number of aliphatic hydroxyl groups is 1. The zero-order chi connectivity index (χ0) is 22.7. The van der Waals surface area contributed by atoms with Gasteiger partial charge in [-0.05, 0) is 56.9 Å². The molecule has 8 nitrogen and oxygen atoms in total. The number of hydrogen-bond acceptors (Lipinski definition) is 6. The van der Waals surface area contributed by atoms with Gasteiger partial charge in [-0.2, -0.15) is 0 Å². The second-order valence-corrected chi connectivity index (χ2v) is 7.50. The summed E-state index contributed by atoms with van der Waals surface area (Å²) in [5.41, 5.74) is 0.351. The standard InChI is InChI=1S/C22H22FN3O5/c1-24(2)12-3-13-25-19(14-4-8-16(23)9-5-14)18(21(28)22(25)29)20(27)15-6-10-17(11-7-15)26(30)31/h4-11,19,27H,3,12-13H2,1-2H3/b20-18-. The van der Waals surface area contributed by atoms with Crippen LogP contribution in [0.5, 0.6) is 0 Å². The minimum atomic E-state index is -0.891. The van der Waals surface area contributed by atoms with Crippen LogP contribution in [0.3, 0.4) is 0 Å². The maximum absolute atomic E-state index is 13.5. The zero-order valence-corrected chi connectivity index (χ0v) is 17.1. The molecule has 0 bridgehead atoms. The van der Waals surface area contributed by atoms with Crippen LogP contribution in [-0.2, 0) is 9.59 Å². The number of ketones is 1. The average Bonchev–Trinajstić information content (AvgIpc) is 2.98. The summed E-state index contributed by atoms with van der Waals surface area (Å²) in [6.45, 7) is 0.948. The molecule has 0 spiro atoms. The first-order valence-corrected chi connectivity index (χ1v) is 9.64. The molecule has 0 saturated carbocycles. The molecule has 162 valence electrons. The molecule has 3 rings (SSSR count). The number of nitro groups is 1. The largest absolute Gasteiger partial charge is 0.507 e. The van der Waals surface area contributed by atoms with E-state index < -0.39 is 34.2 Å². The van der Waals surface area contributed by atoms with Gasteiger partial charge in [-0.1, -0.05) is 12.1 Å². The Morgan fingerprint density at radius 1 is 1.13 bits per heavy atom. The highest BCUT2D eigenvalue weighted by Crippen LogP contribution is 2.39. The summed E-state index contributed by atoms with van der Waals surface area (Å²) in [7, 11) is 3.78. The monoisotopic (exact) mass is 427 g/mol. The molecular weight excluding hydrogens is 405 g/mol. The number of aliphatic hydroxyl groups excluding tert-OH is 1. The van der Waals surface area contributed by atoms with E-state index in [1.54, 1.807) is 0 Å². The number of nitrogens with zero attached hydrogens (tertiary/aromatic N) is 3. The van der Waals surface area contributed by atoms with E-state index in [1.165, 1.54) is 53.4 Å². The number of non-ortho nitro benzene ring substituents is 1.